The highest BCUT2D eigenvalue weighted by Gasteiger charge is 2.43. The third-order valence-corrected chi connectivity index (χ3v) is 5.19. The van der Waals surface area contributed by atoms with E-state index >= 15 is 0 Å². The maximum absolute atomic E-state index is 10.7. The van der Waals surface area contributed by atoms with Crippen LogP contribution in [0.4, 0.5) is 0 Å². The zero-order valence-electron chi connectivity index (χ0n) is 12.3. The number of rotatable bonds is 3. The maximum Gasteiger partial charge on any atom is 0.0824 e. The van der Waals surface area contributed by atoms with Gasteiger partial charge >= 0.3 is 0 Å². The number of aliphatic hydroxyl groups excluding tert-OH is 1. The third-order valence-electron chi connectivity index (χ3n) is 5.19. The van der Waals surface area contributed by atoms with Gasteiger partial charge < -0.3 is 5.11 Å². The Balaban J connectivity index is 1.52. The fraction of sp³-hybridized carbons (Fsp3) is 0.400. The van der Waals surface area contributed by atoms with Gasteiger partial charge in [-0.3, -0.25) is 0 Å². The number of benzene rings is 2. The summed E-state index contributed by atoms with van der Waals surface area (Å²) in [5, 5.41) is 10.7. The Morgan fingerprint density at radius 3 is 2.48 bits per heavy atom. The number of aliphatic hydroxyl groups is 1. The molecule has 1 N–H and O–H groups in total. The molecule has 1 nitrogen and oxygen atoms in total. The number of hydrogen-bond acceptors (Lipinski definition) is 1. The molecular weight excluding hydrogens is 256 g/mol. The van der Waals surface area contributed by atoms with Gasteiger partial charge in [0.15, 0.2) is 0 Å². The van der Waals surface area contributed by atoms with Gasteiger partial charge in [-0.2, -0.15) is 0 Å². The van der Waals surface area contributed by atoms with E-state index in [9.17, 15) is 5.11 Å². The van der Waals surface area contributed by atoms with E-state index in [0.717, 1.165) is 12.0 Å². The van der Waals surface area contributed by atoms with Crippen LogP contribution in [-0.4, -0.2) is 5.11 Å². The van der Waals surface area contributed by atoms with E-state index < -0.39 is 0 Å². The van der Waals surface area contributed by atoms with Crippen molar-refractivity contribution in [3.63, 3.8) is 0 Å². The molecule has 4 rings (SSSR count). The lowest BCUT2D eigenvalue weighted by Crippen LogP contribution is -2.07. The number of fused-ring (bicyclic) bond motifs is 1. The molecule has 0 heterocycles. The largest absolute Gasteiger partial charge is 0.388 e. The van der Waals surface area contributed by atoms with Gasteiger partial charge in [0, 0.05) is 0 Å². The molecule has 1 fully saturated rings. The summed E-state index contributed by atoms with van der Waals surface area (Å²) in [5.74, 6) is 0.936. The van der Waals surface area contributed by atoms with Crippen LogP contribution in [0.25, 0.3) is 0 Å². The first kappa shape index (κ1) is 13.1. The van der Waals surface area contributed by atoms with E-state index in [4.69, 9.17) is 0 Å². The van der Waals surface area contributed by atoms with E-state index in [1.165, 1.54) is 42.4 Å². The molecule has 2 aromatic rings. The highest BCUT2D eigenvalue weighted by molar-refractivity contribution is 5.36. The predicted molar refractivity (Wildman–Crippen MR) is 85.3 cm³/mol. The van der Waals surface area contributed by atoms with Crippen LogP contribution in [-0.2, 0) is 12.8 Å². The molecule has 108 valence electrons. The highest BCUT2D eigenvalue weighted by Crippen LogP contribution is 2.54. The van der Waals surface area contributed by atoms with E-state index in [-0.39, 0.29) is 6.10 Å². The fourth-order valence-corrected chi connectivity index (χ4v) is 3.83. The average molecular weight is 278 g/mol. The summed E-state index contributed by atoms with van der Waals surface area (Å²) in [4.78, 5) is 0. The average Bonchev–Trinajstić information content (AvgIpc) is 3.35. The molecule has 0 aromatic heterocycles. The van der Waals surface area contributed by atoms with Gasteiger partial charge in [0.2, 0.25) is 0 Å². The smallest absolute Gasteiger partial charge is 0.0824 e. The molecule has 21 heavy (non-hydrogen) atoms. The first-order valence-electron chi connectivity index (χ1n) is 8.17. The predicted octanol–water partition coefficient (Wildman–Crippen LogP) is 4.40. The van der Waals surface area contributed by atoms with Gasteiger partial charge in [-0.05, 0) is 66.2 Å². The quantitative estimate of drug-likeness (QED) is 0.882. The van der Waals surface area contributed by atoms with Crippen LogP contribution in [0.15, 0.2) is 48.5 Å². The van der Waals surface area contributed by atoms with Crippen LogP contribution in [0.5, 0.6) is 0 Å². The topological polar surface area (TPSA) is 20.2 Å². The molecule has 1 heteroatoms. The lowest BCUT2D eigenvalue weighted by molar-refractivity contribution is 0.151. The lowest BCUT2D eigenvalue weighted by atomic mass is 9.88. The van der Waals surface area contributed by atoms with Crippen molar-refractivity contribution in [3.05, 3.63) is 70.8 Å². The molecule has 1 saturated carbocycles. The standard InChI is InChI=1S/C20H22O/c21-20(19-13-18(19)15-7-2-1-3-8-15)17-11-10-14-6-4-5-9-16(14)12-17/h1-3,7-8,10-12,18-21H,4-6,9,13H2. The fourth-order valence-electron chi connectivity index (χ4n) is 3.83. The van der Waals surface area contributed by atoms with Crippen LogP contribution in [0.1, 0.15) is 53.5 Å². The second kappa shape index (κ2) is 5.31. The summed E-state index contributed by atoms with van der Waals surface area (Å²) in [6.07, 6.45) is 5.81. The van der Waals surface area contributed by atoms with E-state index in [1.807, 2.05) is 0 Å². The van der Waals surface area contributed by atoms with Crippen LogP contribution in [0.2, 0.25) is 0 Å². The second-order valence-corrected chi connectivity index (χ2v) is 6.60. The Labute approximate surface area is 126 Å². The molecule has 3 atom stereocenters. The molecular formula is C20H22O. The van der Waals surface area contributed by atoms with Crippen molar-refractivity contribution in [2.45, 2.75) is 44.1 Å². The summed E-state index contributed by atoms with van der Waals surface area (Å²) < 4.78 is 0. The lowest BCUT2D eigenvalue weighted by Gasteiger charge is -2.19. The zero-order valence-corrected chi connectivity index (χ0v) is 12.3. The second-order valence-electron chi connectivity index (χ2n) is 6.60. The van der Waals surface area contributed by atoms with Crippen LogP contribution in [0, 0.1) is 5.92 Å². The van der Waals surface area contributed by atoms with Gasteiger partial charge in [-0.1, -0.05) is 48.5 Å². The Hall–Kier alpha value is -1.60. The van der Waals surface area contributed by atoms with Gasteiger partial charge in [-0.15, -0.1) is 0 Å². The summed E-state index contributed by atoms with van der Waals surface area (Å²) in [5.41, 5.74) is 5.46. The maximum atomic E-state index is 10.7. The van der Waals surface area contributed by atoms with Crippen LogP contribution in [0.3, 0.4) is 0 Å². The minimum atomic E-state index is -0.303. The summed E-state index contributed by atoms with van der Waals surface area (Å²) >= 11 is 0. The minimum Gasteiger partial charge on any atom is -0.388 e. The van der Waals surface area contributed by atoms with Gasteiger partial charge in [0.25, 0.3) is 0 Å². The van der Waals surface area contributed by atoms with Gasteiger partial charge in [0.1, 0.15) is 0 Å². The third kappa shape index (κ3) is 2.51. The van der Waals surface area contributed by atoms with Crippen molar-refractivity contribution in [2.24, 2.45) is 5.92 Å². The molecule has 0 saturated heterocycles. The van der Waals surface area contributed by atoms with Crippen molar-refractivity contribution in [2.75, 3.05) is 0 Å². The molecule has 0 aliphatic heterocycles. The number of hydrogen-bond donors (Lipinski definition) is 1. The molecule has 2 aliphatic rings. The zero-order chi connectivity index (χ0) is 14.2. The van der Waals surface area contributed by atoms with E-state index in [1.54, 1.807) is 0 Å². The van der Waals surface area contributed by atoms with Crippen molar-refractivity contribution in [3.8, 4) is 0 Å². The highest BCUT2D eigenvalue weighted by atomic mass is 16.3. The molecule has 3 unspecified atom stereocenters. The molecule has 0 spiro atoms. The van der Waals surface area contributed by atoms with Crippen molar-refractivity contribution in [1.29, 1.82) is 0 Å². The van der Waals surface area contributed by atoms with Gasteiger partial charge in [-0.25, -0.2) is 0 Å². The monoisotopic (exact) mass is 278 g/mol. The van der Waals surface area contributed by atoms with Crippen molar-refractivity contribution >= 4 is 0 Å². The SMILES string of the molecule is OC(c1ccc2c(c1)CCCC2)C1CC1c1ccccc1. The van der Waals surface area contributed by atoms with Crippen molar-refractivity contribution < 1.29 is 5.11 Å². The number of aryl methyl sites for hydroxylation is 2. The Morgan fingerprint density at radius 2 is 1.67 bits per heavy atom. The Bertz CT molecular complexity index is 632. The summed E-state index contributed by atoms with van der Waals surface area (Å²) in [6, 6.07) is 17.3. The molecule has 2 aromatic carbocycles. The Morgan fingerprint density at radius 1 is 0.905 bits per heavy atom. The molecule has 0 bridgehead atoms. The van der Waals surface area contributed by atoms with Crippen LogP contribution < -0.4 is 0 Å². The Kier molecular flexibility index (Phi) is 3.31. The normalized spacial score (nSPS) is 25.2. The minimum absolute atomic E-state index is 0.303. The molecule has 0 amide bonds. The van der Waals surface area contributed by atoms with Gasteiger partial charge in [0.05, 0.1) is 6.10 Å². The molecule has 0 radical (unpaired) electrons. The van der Waals surface area contributed by atoms with E-state index in [2.05, 4.69) is 48.5 Å². The molecule has 2 aliphatic carbocycles. The first-order valence-corrected chi connectivity index (χ1v) is 8.17. The van der Waals surface area contributed by atoms with Crippen molar-refractivity contribution in [1.82, 2.24) is 0 Å². The van der Waals surface area contributed by atoms with Crippen LogP contribution >= 0.6 is 0 Å². The van der Waals surface area contributed by atoms with E-state index in [0.29, 0.717) is 11.8 Å². The summed E-state index contributed by atoms with van der Waals surface area (Å²) in [6.45, 7) is 0. The summed E-state index contributed by atoms with van der Waals surface area (Å²) in [7, 11) is 0. The first-order chi connectivity index (χ1) is 10.3.